The van der Waals surface area contributed by atoms with Gasteiger partial charge in [-0.1, -0.05) is 20.8 Å². The quantitative estimate of drug-likeness (QED) is 0.367. The first-order chi connectivity index (χ1) is 17.2. The van der Waals surface area contributed by atoms with Gasteiger partial charge < -0.3 is 25.4 Å². The van der Waals surface area contributed by atoms with Crippen LogP contribution in [-0.4, -0.2) is 107 Å². The maximum Gasteiger partial charge on any atom is 0.244 e. The summed E-state index contributed by atoms with van der Waals surface area (Å²) in [4.78, 5) is 45.3. The molecule has 3 amide bonds. The maximum absolute atomic E-state index is 14.1. The molecule has 4 fully saturated rings. The summed E-state index contributed by atoms with van der Waals surface area (Å²) in [5, 5.41) is 16.5. The van der Waals surface area contributed by atoms with E-state index in [-0.39, 0.29) is 35.0 Å². The molecule has 10 heteroatoms. The second-order valence-electron chi connectivity index (χ2n) is 11.5. The van der Waals surface area contributed by atoms with Crippen molar-refractivity contribution in [3.63, 3.8) is 0 Å². The first kappa shape index (κ1) is 27.7. The van der Waals surface area contributed by atoms with Crippen molar-refractivity contribution in [1.29, 1.82) is 0 Å². The lowest BCUT2D eigenvalue weighted by molar-refractivity contribution is -0.143. The lowest BCUT2D eigenvalue weighted by Crippen LogP contribution is -2.57. The number of carbonyl (C=O) groups is 3. The van der Waals surface area contributed by atoms with Gasteiger partial charge in [0.1, 0.15) is 6.04 Å². The van der Waals surface area contributed by atoms with Crippen LogP contribution in [0.15, 0.2) is 0 Å². The second kappa shape index (κ2) is 11.2. The van der Waals surface area contributed by atoms with Crippen molar-refractivity contribution >= 4 is 29.5 Å². The van der Waals surface area contributed by atoms with Gasteiger partial charge in [0.05, 0.1) is 42.4 Å². The summed E-state index contributed by atoms with van der Waals surface area (Å²) in [5.74, 6) is -1.15. The summed E-state index contributed by atoms with van der Waals surface area (Å²) in [5.41, 5.74) is 0. The molecule has 4 aliphatic rings. The van der Waals surface area contributed by atoms with Crippen LogP contribution in [0.5, 0.6) is 0 Å². The third-order valence-corrected chi connectivity index (χ3v) is 10.5. The average molecular weight is 525 g/mol. The van der Waals surface area contributed by atoms with Crippen molar-refractivity contribution in [2.24, 2.45) is 17.8 Å². The van der Waals surface area contributed by atoms with E-state index in [4.69, 9.17) is 4.74 Å². The highest BCUT2D eigenvalue weighted by Gasteiger charge is 2.77. The van der Waals surface area contributed by atoms with Crippen LogP contribution in [0.1, 0.15) is 53.4 Å². The topological polar surface area (TPSA) is 111 Å². The van der Waals surface area contributed by atoms with Gasteiger partial charge >= 0.3 is 0 Å². The number of ether oxygens (including phenoxy) is 1. The highest BCUT2D eigenvalue weighted by Crippen LogP contribution is 2.71. The minimum Gasteiger partial charge on any atom is -0.394 e. The Balaban J connectivity index is 1.62. The van der Waals surface area contributed by atoms with E-state index in [1.165, 1.54) is 0 Å². The van der Waals surface area contributed by atoms with E-state index in [9.17, 15) is 19.5 Å². The Bertz CT molecular complexity index is 837. The number of morpholine rings is 1. The third kappa shape index (κ3) is 4.90. The number of rotatable bonds is 11. The van der Waals surface area contributed by atoms with Crippen LogP contribution in [0.4, 0.5) is 0 Å². The van der Waals surface area contributed by atoms with Gasteiger partial charge in [-0.05, 0) is 38.5 Å². The number of nitrogens with zero attached hydrogens (tertiary/aromatic N) is 2. The molecule has 0 aromatic carbocycles. The van der Waals surface area contributed by atoms with E-state index in [0.29, 0.717) is 32.7 Å². The number of fused-ring (bicyclic) bond motifs is 1. The van der Waals surface area contributed by atoms with Crippen LogP contribution in [-0.2, 0) is 19.1 Å². The Kier molecular flexibility index (Phi) is 8.59. The minimum absolute atomic E-state index is 0.0792. The lowest BCUT2D eigenvalue weighted by Gasteiger charge is -2.37. The van der Waals surface area contributed by atoms with Crippen molar-refractivity contribution in [1.82, 2.24) is 20.4 Å². The van der Waals surface area contributed by atoms with Gasteiger partial charge in [0.25, 0.3) is 0 Å². The SMILES string of the molecule is CCCNC(=O)[C@@H]1[C@H]2C(=O)N([C@@H](CO)CC(C)C)C(C(=O)NCCN3CCOCC3)C23CC[C@@]1(C)S3. The van der Waals surface area contributed by atoms with Crippen molar-refractivity contribution in [2.45, 2.75) is 75.0 Å². The fourth-order valence-electron chi connectivity index (χ4n) is 6.89. The van der Waals surface area contributed by atoms with E-state index in [2.05, 4.69) is 36.3 Å². The Morgan fingerprint density at radius 2 is 1.86 bits per heavy atom. The number of hydrogen-bond acceptors (Lipinski definition) is 7. The normalized spacial score (nSPS) is 34.8. The van der Waals surface area contributed by atoms with Crippen LogP contribution < -0.4 is 10.6 Å². The molecule has 6 atom stereocenters. The Hall–Kier alpha value is -1.36. The number of aliphatic hydroxyl groups is 1. The predicted octanol–water partition coefficient (Wildman–Crippen LogP) is 0.849. The zero-order valence-corrected chi connectivity index (χ0v) is 23.1. The molecule has 9 nitrogen and oxygen atoms in total. The molecule has 4 saturated heterocycles. The number of hydrogen-bond donors (Lipinski definition) is 3. The van der Waals surface area contributed by atoms with Crippen LogP contribution in [0.3, 0.4) is 0 Å². The van der Waals surface area contributed by atoms with E-state index >= 15 is 0 Å². The number of nitrogens with one attached hydrogen (secondary N) is 2. The number of thioether (sulfide) groups is 1. The van der Waals surface area contributed by atoms with Gasteiger partial charge in [0.15, 0.2) is 0 Å². The fourth-order valence-corrected chi connectivity index (χ4v) is 9.24. The molecular formula is C26H44N4O5S. The number of likely N-dealkylation sites (tertiary alicyclic amines) is 1. The number of carbonyl (C=O) groups excluding carboxylic acids is 3. The minimum atomic E-state index is -0.689. The zero-order chi connectivity index (χ0) is 26.1. The molecule has 36 heavy (non-hydrogen) atoms. The molecule has 2 bridgehead atoms. The van der Waals surface area contributed by atoms with Crippen LogP contribution in [0, 0.1) is 17.8 Å². The van der Waals surface area contributed by atoms with Crippen LogP contribution >= 0.6 is 11.8 Å². The van der Waals surface area contributed by atoms with Gasteiger partial charge in [0, 0.05) is 37.5 Å². The van der Waals surface area contributed by atoms with Gasteiger partial charge in [0.2, 0.25) is 17.7 Å². The molecule has 204 valence electrons. The molecule has 4 aliphatic heterocycles. The first-order valence-corrected chi connectivity index (χ1v) is 14.5. The molecule has 4 heterocycles. The summed E-state index contributed by atoms with van der Waals surface area (Å²) in [6.45, 7) is 12.9. The average Bonchev–Trinajstić information content (AvgIpc) is 3.42. The predicted molar refractivity (Wildman–Crippen MR) is 139 cm³/mol. The summed E-state index contributed by atoms with van der Waals surface area (Å²) in [7, 11) is 0. The molecule has 0 aromatic heterocycles. The molecule has 3 N–H and O–H groups in total. The van der Waals surface area contributed by atoms with Gasteiger partial charge in [-0.15, -0.1) is 11.8 Å². The van der Waals surface area contributed by atoms with Crippen molar-refractivity contribution in [3.05, 3.63) is 0 Å². The fraction of sp³-hybridized carbons (Fsp3) is 0.885. The smallest absolute Gasteiger partial charge is 0.244 e. The summed E-state index contributed by atoms with van der Waals surface area (Å²) in [6, 6.07) is -1.13. The van der Waals surface area contributed by atoms with E-state index in [1.54, 1.807) is 16.7 Å². The van der Waals surface area contributed by atoms with E-state index in [0.717, 1.165) is 38.9 Å². The molecule has 1 spiro atoms. The maximum atomic E-state index is 14.1. The Morgan fingerprint density at radius 3 is 2.50 bits per heavy atom. The van der Waals surface area contributed by atoms with Gasteiger partial charge in [-0.25, -0.2) is 0 Å². The molecule has 0 aliphatic carbocycles. The highest BCUT2D eigenvalue weighted by atomic mass is 32.2. The molecule has 4 rings (SSSR count). The Morgan fingerprint density at radius 1 is 1.17 bits per heavy atom. The molecule has 0 saturated carbocycles. The standard InChI is InChI=1S/C26H44N4O5S/c1-5-8-27-22(32)19-20-24(34)30(18(16-31)15-17(2)3)21(26(20)7-6-25(19,4)36-26)23(33)28-9-10-29-11-13-35-14-12-29/h17-21,31H,5-16H2,1-4H3,(H,27,32)(H,28,33)/t18-,19+,20+,21?,25-,26?/m1/s1. The van der Waals surface area contributed by atoms with E-state index in [1.807, 2.05) is 6.92 Å². The Labute approximate surface area is 219 Å². The summed E-state index contributed by atoms with van der Waals surface area (Å²) in [6.07, 6.45) is 2.95. The third-order valence-electron chi connectivity index (χ3n) is 8.47. The first-order valence-electron chi connectivity index (χ1n) is 13.7. The molecule has 0 radical (unpaired) electrons. The summed E-state index contributed by atoms with van der Waals surface area (Å²) >= 11 is 1.68. The molecule has 0 aromatic rings. The van der Waals surface area contributed by atoms with Crippen molar-refractivity contribution < 1.29 is 24.2 Å². The summed E-state index contributed by atoms with van der Waals surface area (Å²) < 4.78 is 4.40. The molecule has 2 unspecified atom stereocenters. The number of amides is 3. The monoisotopic (exact) mass is 524 g/mol. The van der Waals surface area contributed by atoms with Crippen molar-refractivity contribution in [3.8, 4) is 0 Å². The highest BCUT2D eigenvalue weighted by molar-refractivity contribution is 8.02. The van der Waals surface area contributed by atoms with Crippen LogP contribution in [0.2, 0.25) is 0 Å². The number of aliphatic hydroxyl groups excluding tert-OH is 1. The molecular weight excluding hydrogens is 480 g/mol. The van der Waals surface area contributed by atoms with Gasteiger partial charge in [-0.3, -0.25) is 19.3 Å². The second-order valence-corrected chi connectivity index (χ2v) is 13.4. The zero-order valence-electron chi connectivity index (χ0n) is 22.3. The van der Waals surface area contributed by atoms with Crippen LogP contribution in [0.25, 0.3) is 0 Å². The van der Waals surface area contributed by atoms with Gasteiger partial charge in [-0.2, -0.15) is 0 Å². The largest absolute Gasteiger partial charge is 0.394 e. The van der Waals surface area contributed by atoms with E-state index < -0.39 is 28.7 Å². The van der Waals surface area contributed by atoms with Crippen molar-refractivity contribution in [2.75, 3.05) is 52.5 Å². The lowest BCUT2D eigenvalue weighted by atomic mass is 9.66.